The Morgan fingerprint density at radius 1 is 1.52 bits per heavy atom. The number of hydrogen-bond acceptors (Lipinski definition) is 7. The summed E-state index contributed by atoms with van der Waals surface area (Å²) in [6, 6.07) is -1.05. The minimum absolute atomic E-state index is 0.00384. The van der Waals surface area contributed by atoms with Gasteiger partial charge in [0.05, 0.1) is 6.42 Å². The number of hydrogen-bond donors (Lipinski definition) is 4. The molecule has 0 spiro atoms. The Bertz CT molecular complexity index is 658. The van der Waals surface area contributed by atoms with E-state index in [2.05, 4.69) is 32.9 Å². The number of nitrogens with one attached hydrogen (secondary N) is 1. The second-order valence-electron chi connectivity index (χ2n) is 4.34. The number of nitrogens with two attached hydrogens (primary N) is 1. The first kappa shape index (κ1) is 15.0. The summed E-state index contributed by atoms with van der Waals surface area (Å²) in [6.45, 7) is 0. The van der Waals surface area contributed by atoms with E-state index in [-0.39, 0.29) is 18.0 Å². The van der Waals surface area contributed by atoms with E-state index in [0.29, 0.717) is 17.3 Å². The van der Waals surface area contributed by atoms with Gasteiger partial charge in [0.15, 0.2) is 11.6 Å². The van der Waals surface area contributed by atoms with Gasteiger partial charge < -0.3 is 20.7 Å². The number of nitrogens with zero attached hydrogens (tertiary/aromatic N) is 4. The van der Waals surface area contributed by atoms with Crippen LogP contribution in [0.15, 0.2) is 6.33 Å². The van der Waals surface area contributed by atoms with Crippen LogP contribution in [-0.4, -0.2) is 48.3 Å². The van der Waals surface area contributed by atoms with Crippen LogP contribution >= 0.6 is 12.6 Å². The summed E-state index contributed by atoms with van der Waals surface area (Å²) >= 11 is 3.88. The van der Waals surface area contributed by atoms with E-state index in [1.165, 1.54) is 6.33 Å². The molecule has 0 radical (unpaired) electrons. The van der Waals surface area contributed by atoms with Crippen LogP contribution in [0.3, 0.4) is 0 Å². The van der Waals surface area contributed by atoms with Crippen molar-refractivity contribution in [1.29, 1.82) is 0 Å². The molecule has 0 saturated heterocycles. The first-order valence-corrected chi connectivity index (χ1v) is 6.62. The second kappa shape index (κ2) is 5.95. The van der Waals surface area contributed by atoms with E-state index in [1.54, 1.807) is 11.6 Å². The number of carboxylic acids is 1. The molecule has 1 amide bonds. The molecule has 2 aliphatic heterocycles. The smallest absolute Gasteiger partial charge is 0.327 e. The first-order valence-electron chi connectivity index (χ1n) is 5.98. The zero-order valence-electron chi connectivity index (χ0n) is 11.1. The summed E-state index contributed by atoms with van der Waals surface area (Å²) in [5, 5.41) is 11.2. The van der Waals surface area contributed by atoms with Crippen LogP contribution in [0.1, 0.15) is 5.82 Å². The molecule has 2 heterocycles. The molecule has 1 atom stereocenters. The number of aromatic nitrogens is 4. The van der Waals surface area contributed by atoms with Gasteiger partial charge in [-0.05, 0) is 0 Å². The van der Waals surface area contributed by atoms with Gasteiger partial charge in [0.1, 0.15) is 23.9 Å². The number of carboxylic acid groups (broad SMARTS) is 1. The molecule has 9 nitrogen and oxygen atoms in total. The van der Waals surface area contributed by atoms with Gasteiger partial charge in [0.25, 0.3) is 0 Å². The number of carbonyl (C=O) groups excluding carboxylic acids is 1. The Balaban J connectivity index is 2.20. The van der Waals surface area contributed by atoms with Crippen molar-refractivity contribution in [3.63, 3.8) is 0 Å². The number of fused-ring (bicyclic) bond motifs is 1. The third-order valence-electron chi connectivity index (χ3n) is 2.91. The molecule has 2 aliphatic rings. The summed E-state index contributed by atoms with van der Waals surface area (Å²) in [4.78, 5) is 34.9. The van der Waals surface area contributed by atoms with Crippen LogP contribution in [0.25, 0.3) is 11.5 Å². The van der Waals surface area contributed by atoms with Crippen LogP contribution in [-0.2, 0) is 23.1 Å². The quantitative estimate of drug-likeness (QED) is 0.517. The number of carbonyl (C=O) groups is 2. The fraction of sp³-hybridized carbons (Fsp3) is 0.364. The lowest BCUT2D eigenvalue weighted by molar-refractivity contribution is -0.141. The molecule has 10 heteroatoms. The molecule has 0 fully saturated rings. The molecule has 21 heavy (non-hydrogen) atoms. The van der Waals surface area contributed by atoms with Gasteiger partial charge in [-0.2, -0.15) is 12.6 Å². The molecule has 0 aromatic carbocycles. The zero-order valence-corrected chi connectivity index (χ0v) is 12.0. The van der Waals surface area contributed by atoms with E-state index >= 15 is 0 Å². The van der Waals surface area contributed by atoms with E-state index < -0.39 is 17.9 Å². The largest absolute Gasteiger partial charge is 0.480 e. The maximum Gasteiger partial charge on any atom is 0.327 e. The van der Waals surface area contributed by atoms with Crippen molar-refractivity contribution in [2.45, 2.75) is 12.5 Å². The number of amides is 1. The highest BCUT2D eigenvalue weighted by Crippen LogP contribution is 2.22. The van der Waals surface area contributed by atoms with Crippen LogP contribution in [0.5, 0.6) is 0 Å². The Hall–Kier alpha value is -2.36. The number of nitrogen functional groups attached to an aromatic ring is 1. The highest BCUT2D eigenvalue weighted by molar-refractivity contribution is 7.80. The summed E-state index contributed by atoms with van der Waals surface area (Å²) < 4.78 is 1.59. The number of rotatable bonds is 5. The Labute approximate surface area is 125 Å². The van der Waals surface area contributed by atoms with Crippen molar-refractivity contribution in [3.05, 3.63) is 12.2 Å². The molecule has 0 aromatic rings. The fourth-order valence-corrected chi connectivity index (χ4v) is 2.06. The van der Waals surface area contributed by atoms with E-state index in [1.807, 2.05) is 0 Å². The fourth-order valence-electron chi connectivity index (χ4n) is 1.81. The lowest BCUT2D eigenvalue weighted by Gasteiger charge is -2.15. The number of aliphatic carboxylic acids is 1. The highest BCUT2D eigenvalue weighted by Gasteiger charge is 2.21. The number of imidazole rings is 1. The van der Waals surface area contributed by atoms with E-state index in [4.69, 9.17) is 10.8 Å². The van der Waals surface area contributed by atoms with Gasteiger partial charge in [-0.3, -0.25) is 4.79 Å². The standard InChI is InChI=1S/C11H14N6O3S/c1-17-6(2-7(18)15-5(3-21)11(19)20)16-9(12)8-10(17)14-4-13-8/h4-5,21H,2-3,12H2,1H3,(H,15,18)(H,19,20)/t5-/m0/s1. The van der Waals surface area contributed by atoms with Gasteiger partial charge in [-0.25, -0.2) is 19.7 Å². The topological polar surface area (TPSA) is 136 Å². The van der Waals surface area contributed by atoms with Gasteiger partial charge >= 0.3 is 5.97 Å². The molecule has 0 saturated carbocycles. The summed E-state index contributed by atoms with van der Waals surface area (Å²) in [5.41, 5.74) is 6.22. The molecule has 0 bridgehead atoms. The van der Waals surface area contributed by atoms with Crippen molar-refractivity contribution < 1.29 is 14.7 Å². The lowest BCUT2D eigenvalue weighted by atomic mass is 10.2. The molecule has 0 aliphatic carbocycles. The third kappa shape index (κ3) is 3.05. The van der Waals surface area contributed by atoms with Crippen molar-refractivity contribution in [2.24, 2.45) is 7.05 Å². The van der Waals surface area contributed by atoms with Crippen molar-refractivity contribution >= 4 is 30.3 Å². The maximum atomic E-state index is 11.9. The SMILES string of the molecule is Cn1c(CC(=O)N[C@@H](CS)C(=O)O)nc(N)c2ncnc1-2. The first-order chi connectivity index (χ1) is 9.93. The van der Waals surface area contributed by atoms with Crippen molar-refractivity contribution in [1.82, 2.24) is 24.8 Å². The van der Waals surface area contributed by atoms with Crippen LogP contribution < -0.4 is 11.1 Å². The Morgan fingerprint density at radius 2 is 2.24 bits per heavy atom. The minimum Gasteiger partial charge on any atom is -0.480 e. The van der Waals surface area contributed by atoms with Gasteiger partial charge in [-0.1, -0.05) is 0 Å². The minimum atomic E-state index is -1.15. The molecule has 4 N–H and O–H groups in total. The van der Waals surface area contributed by atoms with E-state index in [0.717, 1.165) is 0 Å². The van der Waals surface area contributed by atoms with Crippen LogP contribution in [0.4, 0.5) is 5.82 Å². The van der Waals surface area contributed by atoms with Crippen LogP contribution in [0, 0.1) is 0 Å². The number of anilines is 1. The van der Waals surface area contributed by atoms with Gasteiger partial charge in [-0.15, -0.1) is 0 Å². The van der Waals surface area contributed by atoms with Crippen molar-refractivity contribution in [2.75, 3.05) is 11.5 Å². The van der Waals surface area contributed by atoms with Gasteiger partial charge in [0, 0.05) is 12.8 Å². The van der Waals surface area contributed by atoms with E-state index in [9.17, 15) is 9.59 Å². The molecular weight excluding hydrogens is 296 g/mol. The predicted molar refractivity (Wildman–Crippen MR) is 77.0 cm³/mol. The molecule has 0 unspecified atom stereocenters. The molecular formula is C11H14N6O3S. The Morgan fingerprint density at radius 3 is 2.86 bits per heavy atom. The summed E-state index contributed by atoms with van der Waals surface area (Å²) in [6.07, 6.45) is 1.23. The molecule has 112 valence electrons. The van der Waals surface area contributed by atoms with Crippen LogP contribution in [0.2, 0.25) is 0 Å². The summed E-state index contributed by atoms with van der Waals surface area (Å²) in [7, 11) is 1.68. The maximum absolute atomic E-state index is 11.9. The normalized spacial score (nSPS) is 12.3. The molecule has 0 aromatic heterocycles. The van der Waals surface area contributed by atoms with Crippen molar-refractivity contribution in [3.8, 4) is 11.5 Å². The second-order valence-corrected chi connectivity index (χ2v) is 4.70. The Kier molecular flexibility index (Phi) is 4.26. The highest BCUT2D eigenvalue weighted by atomic mass is 32.1. The number of thiol groups is 1. The summed E-state index contributed by atoms with van der Waals surface area (Å²) in [5.74, 6) is -0.593. The third-order valence-corrected chi connectivity index (χ3v) is 3.28. The predicted octanol–water partition coefficient (Wildman–Crippen LogP) is -1.06. The van der Waals surface area contributed by atoms with Gasteiger partial charge in [0.2, 0.25) is 5.91 Å². The monoisotopic (exact) mass is 310 g/mol. The lowest BCUT2D eigenvalue weighted by Crippen LogP contribution is -2.43. The zero-order chi connectivity index (χ0) is 15.6. The molecule has 2 rings (SSSR count). The average Bonchev–Trinajstić information content (AvgIpc) is 2.91. The average molecular weight is 310 g/mol.